The average molecular weight is 208 g/mol. The molecule has 0 spiro atoms. The predicted molar refractivity (Wildman–Crippen MR) is 59.6 cm³/mol. The molecule has 2 rings (SSSR count). The highest BCUT2D eigenvalue weighted by Crippen LogP contribution is 2.15. The zero-order valence-electron chi connectivity index (χ0n) is 9.61. The van der Waals surface area contributed by atoms with Gasteiger partial charge in [0.2, 0.25) is 0 Å². The quantitative estimate of drug-likeness (QED) is 0.812. The molecule has 1 aromatic rings. The van der Waals surface area contributed by atoms with E-state index in [4.69, 9.17) is 0 Å². The Bertz CT molecular complexity index is 299. The van der Waals surface area contributed by atoms with Crippen molar-refractivity contribution in [3.8, 4) is 0 Å². The molecule has 84 valence electrons. The van der Waals surface area contributed by atoms with Gasteiger partial charge in [0.25, 0.3) is 0 Å². The standard InChI is InChI=1S/C11H20N4/c1-3-15-11(13-8-14-15)6-10-5-4-9(2)7-12-10/h8-10,12H,3-7H2,1-2H3. The molecule has 0 aromatic carbocycles. The lowest BCUT2D eigenvalue weighted by molar-refractivity contribution is 0.320. The van der Waals surface area contributed by atoms with E-state index in [0.717, 1.165) is 31.3 Å². The maximum Gasteiger partial charge on any atom is 0.138 e. The van der Waals surface area contributed by atoms with Crippen LogP contribution in [0.5, 0.6) is 0 Å². The Morgan fingerprint density at radius 1 is 1.53 bits per heavy atom. The Morgan fingerprint density at radius 3 is 3.07 bits per heavy atom. The van der Waals surface area contributed by atoms with Crippen LogP contribution in [-0.4, -0.2) is 27.4 Å². The molecule has 1 aliphatic heterocycles. The summed E-state index contributed by atoms with van der Waals surface area (Å²) >= 11 is 0. The second-order valence-corrected chi connectivity index (χ2v) is 4.48. The average Bonchev–Trinajstić information content (AvgIpc) is 2.69. The van der Waals surface area contributed by atoms with E-state index in [1.54, 1.807) is 6.33 Å². The van der Waals surface area contributed by atoms with Gasteiger partial charge in [0.15, 0.2) is 0 Å². The van der Waals surface area contributed by atoms with E-state index < -0.39 is 0 Å². The van der Waals surface area contributed by atoms with Crippen molar-refractivity contribution in [1.82, 2.24) is 20.1 Å². The minimum absolute atomic E-state index is 0.593. The molecule has 1 fully saturated rings. The fourth-order valence-electron chi connectivity index (χ4n) is 2.16. The van der Waals surface area contributed by atoms with E-state index in [-0.39, 0.29) is 0 Å². The number of rotatable bonds is 3. The molecule has 4 nitrogen and oxygen atoms in total. The van der Waals surface area contributed by atoms with Crippen molar-refractivity contribution in [1.29, 1.82) is 0 Å². The monoisotopic (exact) mass is 208 g/mol. The maximum atomic E-state index is 4.31. The molecule has 15 heavy (non-hydrogen) atoms. The van der Waals surface area contributed by atoms with Crippen molar-refractivity contribution in [3.63, 3.8) is 0 Å². The van der Waals surface area contributed by atoms with Crippen LogP contribution in [0.3, 0.4) is 0 Å². The van der Waals surface area contributed by atoms with Crippen molar-refractivity contribution >= 4 is 0 Å². The molecule has 0 amide bonds. The summed E-state index contributed by atoms with van der Waals surface area (Å²) in [4.78, 5) is 4.31. The van der Waals surface area contributed by atoms with Crippen molar-refractivity contribution in [2.45, 2.75) is 45.7 Å². The molecule has 4 heteroatoms. The van der Waals surface area contributed by atoms with E-state index in [1.165, 1.54) is 12.8 Å². The third-order valence-corrected chi connectivity index (χ3v) is 3.19. The van der Waals surface area contributed by atoms with Gasteiger partial charge in [0.05, 0.1) is 0 Å². The highest BCUT2D eigenvalue weighted by atomic mass is 15.3. The summed E-state index contributed by atoms with van der Waals surface area (Å²) in [7, 11) is 0. The van der Waals surface area contributed by atoms with Crippen molar-refractivity contribution in [3.05, 3.63) is 12.2 Å². The van der Waals surface area contributed by atoms with Crippen molar-refractivity contribution in [2.24, 2.45) is 5.92 Å². The van der Waals surface area contributed by atoms with E-state index in [1.807, 2.05) is 4.68 Å². The van der Waals surface area contributed by atoms with Gasteiger partial charge in [-0.1, -0.05) is 6.92 Å². The first-order chi connectivity index (χ1) is 7.29. The van der Waals surface area contributed by atoms with Crippen molar-refractivity contribution in [2.75, 3.05) is 6.54 Å². The molecular weight excluding hydrogens is 188 g/mol. The molecule has 0 radical (unpaired) electrons. The summed E-state index contributed by atoms with van der Waals surface area (Å²) in [5, 5.41) is 7.77. The van der Waals surface area contributed by atoms with Crippen LogP contribution in [0, 0.1) is 5.92 Å². The van der Waals surface area contributed by atoms with Gasteiger partial charge < -0.3 is 5.32 Å². The molecule has 1 N–H and O–H groups in total. The van der Waals surface area contributed by atoms with E-state index in [2.05, 4.69) is 29.2 Å². The van der Waals surface area contributed by atoms with Gasteiger partial charge >= 0.3 is 0 Å². The SMILES string of the molecule is CCn1ncnc1CC1CCC(C)CN1. The van der Waals surface area contributed by atoms with Crippen LogP contribution in [0.4, 0.5) is 0 Å². The Kier molecular flexibility index (Phi) is 3.36. The first-order valence-corrected chi connectivity index (χ1v) is 5.89. The van der Waals surface area contributed by atoms with Gasteiger partial charge in [-0.05, 0) is 32.2 Å². The van der Waals surface area contributed by atoms with E-state index >= 15 is 0 Å². The fourth-order valence-corrected chi connectivity index (χ4v) is 2.16. The van der Waals surface area contributed by atoms with Gasteiger partial charge in [-0.25, -0.2) is 4.98 Å². The normalized spacial score (nSPS) is 26.8. The molecule has 2 heterocycles. The summed E-state index contributed by atoms with van der Waals surface area (Å²) in [6.45, 7) is 6.47. The van der Waals surface area contributed by atoms with Crippen LogP contribution in [0.25, 0.3) is 0 Å². The zero-order valence-corrected chi connectivity index (χ0v) is 9.61. The summed E-state index contributed by atoms with van der Waals surface area (Å²) < 4.78 is 1.99. The third-order valence-electron chi connectivity index (χ3n) is 3.19. The zero-order chi connectivity index (χ0) is 10.7. The highest BCUT2D eigenvalue weighted by Gasteiger charge is 2.19. The van der Waals surface area contributed by atoms with E-state index in [9.17, 15) is 0 Å². The van der Waals surface area contributed by atoms with Crippen LogP contribution in [-0.2, 0) is 13.0 Å². The molecular formula is C11H20N4. The predicted octanol–water partition coefficient (Wildman–Crippen LogP) is 1.23. The number of piperidine rings is 1. The highest BCUT2D eigenvalue weighted by molar-refractivity contribution is 4.91. The summed E-state index contributed by atoms with van der Waals surface area (Å²) in [6.07, 6.45) is 5.26. The topological polar surface area (TPSA) is 42.7 Å². The summed E-state index contributed by atoms with van der Waals surface area (Å²) in [6, 6.07) is 0.593. The minimum atomic E-state index is 0.593. The first kappa shape index (κ1) is 10.6. The van der Waals surface area contributed by atoms with E-state index in [0.29, 0.717) is 6.04 Å². The molecule has 0 aliphatic carbocycles. The molecule has 1 aliphatic rings. The van der Waals surface area contributed by atoms with Gasteiger partial charge in [0.1, 0.15) is 12.2 Å². The lowest BCUT2D eigenvalue weighted by atomic mass is 9.94. The summed E-state index contributed by atoms with van der Waals surface area (Å²) in [5.74, 6) is 1.94. The molecule has 2 unspecified atom stereocenters. The minimum Gasteiger partial charge on any atom is -0.313 e. The summed E-state index contributed by atoms with van der Waals surface area (Å²) in [5.41, 5.74) is 0. The van der Waals surface area contributed by atoms with Crippen LogP contribution >= 0.6 is 0 Å². The van der Waals surface area contributed by atoms with Crippen LogP contribution in [0.2, 0.25) is 0 Å². The number of aryl methyl sites for hydroxylation is 1. The number of nitrogens with one attached hydrogen (secondary N) is 1. The molecule has 1 saturated heterocycles. The molecule has 2 atom stereocenters. The molecule has 0 bridgehead atoms. The lowest BCUT2D eigenvalue weighted by Crippen LogP contribution is -2.39. The largest absolute Gasteiger partial charge is 0.313 e. The number of aromatic nitrogens is 3. The number of hydrogen-bond donors (Lipinski definition) is 1. The number of nitrogens with zero attached hydrogens (tertiary/aromatic N) is 3. The Labute approximate surface area is 91.1 Å². The Hall–Kier alpha value is -0.900. The third kappa shape index (κ3) is 2.56. The van der Waals surface area contributed by atoms with Crippen LogP contribution in [0.1, 0.15) is 32.5 Å². The van der Waals surface area contributed by atoms with Gasteiger partial charge in [-0.3, -0.25) is 4.68 Å². The first-order valence-electron chi connectivity index (χ1n) is 5.89. The Balaban J connectivity index is 1.91. The lowest BCUT2D eigenvalue weighted by Gasteiger charge is -2.27. The number of hydrogen-bond acceptors (Lipinski definition) is 3. The van der Waals surface area contributed by atoms with Gasteiger partial charge in [-0.2, -0.15) is 5.10 Å². The Morgan fingerprint density at radius 2 is 2.40 bits per heavy atom. The maximum absolute atomic E-state index is 4.31. The van der Waals surface area contributed by atoms with Crippen molar-refractivity contribution < 1.29 is 0 Å². The van der Waals surface area contributed by atoms with Gasteiger partial charge in [-0.15, -0.1) is 0 Å². The smallest absolute Gasteiger partial charge is 0.138 e. The second-order valence-electron chi connectivity index (χ2n) is 4.48. The fraction of sp³-hybridized carbons (Fsp3) is 0.818. The molecule has 1 aromatic heterocycles. The van der Waals surface area contributed by atoms with Gasteiger partial charge in [0, 0.05) is 19.0 Å². The molecule has 0 saturated carbocycles. The van der Waals surface area contributed by atoms with Crippen LogP contribution < -0.4 is 5.32 Å². The van der Waals surface area contributed by atoms with Crippen LogP contribution in [0.15, 0.2) is 6.33 Å². The second kappa shape index (κ2) is 4.75.